The lowest BCUT2D eigenvalue weighted by Crippen LogP contribution is -2.44. The minimum absolute atomic E-state index is 0. The van der Waals surface area contributed by atoms with Crippen LogP contribution in [-0.4, -0.2) is 56.5 Å². The zero-order chi connectivity index (χ0) is 18.4. The molecule has 150 valence electrons. The van der Waals surface area contributed by atoms with Gasteiger partial charge in [0, 0.05) is 50.7 Å². The number of carbonyl (C=O) groups is 1. The Morgan fingerprint density at radius 3 is 2.74 bits per heavy atom. The molecule has 0 radical (unpaired) electrons. The fraction of sp³-hybridized carbons (Fsp3) is 0.600. The fourth-order valence-electron chi connectivity index (χ4n) is 4.00. The van der Waals surface area contributed by atoms with Crippen LogP contribution in [0.15, 0.2) is 29.3 Å². The van der Waals surface area contributed by atoms with Gasteiger partial charge in [0.25, 0.3) is 0 Å². The lowest BCUT2D eigenvalue weighted by molar-refractivity contribution is -0.116. The van der Waals surface area contributed by atoms with Gasteiger partial charge in [-0.1, -0.05) is 31.0 Å². The molecule has 1 heterocycles. The minimum atomic E-state index is 0. The number of hydrogen-bond acceptors (Lipinski definition) is 3. The third kappa shape index (κ3) is 6.07. The van der Waals surface area contributed by atoms with E-state index in [2.05, 4.69) is 39.0 Å². The molecule has 3 N–H and O–H groups in total. The summed E-state index contributed by atoms with van der Waals surface area (Å²) in [6, 6.07) is 8.77. The first kappa shape index (κ1) is 21.9. The molecule has 1 atom stereocenters. The molecule has 2 aliphatic rings. The standard InChI is InChI=1S/C20H31N5O.HI/c1-21-20(22-11-12-25(2)16-7-3-4-8-16)23-14-15-13-19(26)24-18-10-6-5-9-17(15)18;/h5-6,9-10,15-16H,3-4,7-8,11-14H2,1-2H3,(H,24,26)(H2,21,22,23);1H. The van der Waals surface area contributed by atoms with Crippen LogP contribution in [-0.2, 0) is 4.79 Å². The van der Waals surface area contributed by atoms with Crippen molar-refractivity contribution in [2.75, 3.05) is 39.0 Å². The first-order valence-corrected chi connectivity index (χ1v) is 9.71. The summed E-state index contributed by atoms with van der Waals surface area (Å²) in [7, 11) is 4.00. The van der Waals surface area contributed by atoms with Gasteiger partial charge >= 0.3 is 0 Å². The average Bonchev–Trinajstić information content (AvgIpc) is 3.18. The van der Waals surface area contributed by atoms with E-state index in [4.69, 9.17) is 0 Å². The van der Waals surface area contributed by atoms with Crippen molar-refractivity contribution in [1.29, 1.82) is 0 Å². The number of fused-ring (bicyclic) bond motifs is 1. The topological polar surface area (TPSA) is 68.8 Å². The number of halogens is 1. The normalized spacial score (nSPS) is 20.0. The van der Waals surface area contributed by atoms with Crippen LogP contribution in [0.4, 0.5) is 5.69 Å². The van der Waals surface area contributed by atoms with Gasteiger partial charge in [0.2, 0.25) is 5.91 Å². The Balaban J connectivity index is 0.00000261. The Bertz CT molecular complexity index is 645. The lowest BCUT2D eigenvalue weighted by atomic mass is 9.90. The van der Waals surface area contributed by atoms with Crippen LogP contribution in [0.3, 0.4) is 0 Å². The van der Waals surface area contributed by atoms with Crippen LogP contribution in [0.5, 0.6) is 0 Å². The van der Waals surface area contributed by atoms with E-state index in [1.807, 2.05) is 18.2 Å². The van der Waals surface area contributed by atoms with Crippen molar-refractivity contribution in [3.63, 3.8) is 0 Å². The van der Waals surface area contributed by atoms with Gasteiger partial charge in [0.15, 0.2) is 5.96 Å². The van der Waals surface area contributed by atoms with Crippen LogP contribution >= 0.6 is 24.0 Å². The molecule has 1 aliphatic heterocycles. The SMILES string of the molecule is CN=C(NCCN(C)C1CCCC1)NCC1CC(=O)Nc2ccccc21.I. The van der Waals surface area contributed by atoms with Gasteiger partial charge in [0.05, 0.1) is 0 Å². The van der Waals surface area contributed by atoms with Crippen molar-refractivity contribution in [3.05, 3.63) is 29.8 Å². The van der Waals surface area contributed by atoms with Gasteiger partial charge in [-0.2, -0.15) is 0 Å². The third-order valence-electron chi connectivity index (χ3n) is 5.55. The zero-order valence-corrected chi connectivity index (χ0v) is 18.7. The molecular formula is C20H32IN5O. The van der Waals surface area contributed by atoms with E-state index in [0.29, 0.717) is 13.0 Å². The molecule has 7 heteroatoms. The lowest BCUT2D eigenvalue weighted by Gasteiger charge is -2.27. The molecule has 1 aliphatic carbocycles. The maximum atomic E-state index is 11.9. The molecule has 1 fully saturated rings. The van der Waals surface area contributed by atoms with E-state index in [1.165, 1.54) is 31.2 Å². The van der Waals surface area contributed by atoms with E-state index in [-0.39, 0.29) is 35.8 Å². The summed E-state index contributed by atoms with van der Waals surface area (Å²) < 4.78 is 0. The second-order valence-corrected chi connectivity index (χ2v) is 7.34. The highest BCUT2D eigenvalue weighted by Crippen LogP contribution is 2.31. The summed E-state index contributed by atoms with van der Waals surface area (Å²) >= 11 is 0. The third-order valence-corrected chi connectivity index (χ3v) is 5.55. The van der Waals surface area contributed by atoms with E-state index in [0.717, 1.165) is 30.8 Å². The summed E-state index contributed by atoms with van der Waals surface area (Å²) in [4.78, 5) is 18.7. The van der Waals surface area contributed by atoms with E-state index >= 15 is 0 Å². The number of benzene rings is 1. The summed E-state index contributed by atoms with van der Waals surface area (Å²) in [5, 5.41) is 9.73. The molecule has 0 aromatic heterocycles. The Labute approximate surface area is 179 Å². The quantitative estimate of drug-likeness (QED) is 0.330. The highest BCUT2D eigenvalue weighted by atomic mass is 127. The van der Waals surface area contributed by atoms with Crippen LogP contribution < -0.4 is 16.0 Å². The Hall–Kier alpha value is -1.35. The molecule has 1 unspecified atom stereocenters. The van der Waals surface area contributed by atoms with Crippen molar-refractivity contribution in [1.82, 2.24) is 15.5 Å². The molecule has 27 heavy (non-hydrogen) atoms. The van der Waals surface area contributed by atoms with Crippen molar-refractivity contribution in [3.8, 4) is 0 Å². The molecule has 1 aromatic rings. The van der Waals surface area contributed by atoms with Gasteiger partial charge in [-0.3, -0.25) is 9.79 Å². The Morgan fingerprint density at radius 2 is 2.00 bits per heavy atom. The first-order valence-electron chi connectivity index (χ1n) is 9.71. The highest BCUT2D eigenvalue weighted by molar-refractivity contribution is 14.0. The number of carbonyl (C=O) groups excluding carboxylic acids is 1. The summed E-state index contributed by atoms with van der Waals surface area (Å²) in [6.07, 6.45) is 5.88. The predicted octanol–water partition coefficient (Wildman–Crippen LogP) is 2.77. The van der Waals surface area contributed by atoms with Crippen molar-refractivity contribution >= 4 is 41.5 Å². The molecular weight excluding hydrogens is 453 g/mol. The molecule has 3 rings (SSSR count). The highest BCUT2D eigenvalue weighted by Gasteiger charge is 2.24. The van der Waals surface area contributed by atoms with Crippen molar-refractivity contribution in [2.45, 2.75) is 44.1 Å². The Kier molecular flexibility index (Phi) is 8.82. The first-order chi connectivity index (χ1) is 12.7. The molecule has 0 spiro atoms. The number of para-hydroxylation sites is 1. The molecule has 1 amide bonds. The fourth-order valence-corrected chi connectivity index (χ4v) is 4.00. The summed E-state index contributed by atoms with van der Waals surface area (Å²) in [5.74, 6) is 1.05. The van der Waals surface area contributed by atoms with Crippen LogP contribution in [0.1, 0.15) is 43.6 Å². The smallest absolute Gasteiger partial charge is 0.225 e. The number of nitrogens with zero attached hydrogens (tertiary/aromatic N) is 2. The second kappa shape index (κ2) is 10.8. The van der Waals surface area contributed by atoms with Gasteiger partial charge < -0.3 is 20.9 Å². The number of nitrogens with one attached hydrogen (secondary N) is 3. The molecule has 1 aromatic carbocycles. The van der Waals surface area contributed by atoms with Crippen molar-refractivity contribution in [2.24, 2.45) is 4.99 Å². The zero-order valence-electron chi connectivity index (χ0n) is 16.3. The predicted molar refractivity (Wildman–Crippen MR) is 122 cm³/mol. The van der Waals surface area contributed by atoms with Gasteiger partial charge in [0.1, 0.15) is 0 Å². The van der Waals surface area contributed by atoms with Crippen LogP contribution in [0.2, 0.25) is 0 Å². The average molecular weight is 485 g/mol. The second-order valence-electron chi connectivity index (χ2n) is 7.34. The van der Waals surface area contributed by atoms with Crippen LogP contribution in [0, 0.1) is 0 Å². The van der Waals surface area contributed by atoms with E-state index in [9.17, 15) is 4.79 Å². The maximum absolute atomic E-state index is 11.9. The molecule has 0 bridgehead atoms. The monoisotopic (exact) mass is 485 g/mol. The number of hydrogen-bond donors (Lipinski definition) is 3. The number of anilines is 1. The van der Waals surface area contributed by atoms with Gasteiger partial charge in [-0.15, -0.1) is 24.0 Å². The molecule has 6 nitrogen and oxygen atoms in total. The van der Waals surface area contributed by atoms with Crippen molar-refractivity contribution < 1.29 is 4.79 Å². The number of guanidine groups is 1. The Morgan fingerprint density at radius 1 is 1.26 bits per heavy atom. The maximum Gasteiger partial charge on any atom is 0.225 e. The molecule has 0 saturated heterocycles. The van der Waals surface area contributed by atoms with E-state index < -0.39 is 0 Å². The molecule has 1 saturated carbocycles. The number of rotatable bonds is 6. The van der Waals surface area contributed by atoms with Gasteiger partial charge in [-0.05, 0) is 31.5 Å². The summed E-state index contributed by atoms with van der Waals surface area (Å²) in [5.41, 5.74) is 2.12. The number of likely N-dealkylation sites (N-methyl/N-ethyl adjacent to an activating group) is 1. The number of aliphatic imine (C=N–C) groups is 1. The van der Waals surface area contributed by atoms with E-state index in [1.54, 1.807) is 7.05 Å². The largest absolute Gasteiger partial charge is 0.356 e. The minimum Gasteiger partial charge on any atom is -0.356 e. The van der Waals surface area contributed by atoms with Gasteiger partial charge in [-0.25, -0.2) is 0 Å². The number of amides is 1. The summed E-state index contributed by atoms with van der Waals surface area (Å²) in [6.45, 7) is 2.58. The van der Waals surface area contributed by atoms with Crippen LogP contribution in [0.25, 0.3) is 0 Å².